The lowest BCUT2D eigenvalue weighted by Gasteiger charge is -2.31. The third-order valence-corrected chi connectivity index (χ3v) is 4.85. The normalized spacial score (nSPS) is 21.9. The van der Waals surface area contributed by atoms with Crippen LogP contribution in [-0.2, 0) is 21.9 Å². The van der Waals surface area contributed by atoms with Crippen molar-refractivity contribution >= 4 is 16.0 Å². The second kappa shape index (κ2) is 4.69. The number of hydrogen-bond donors (Lipinski definition) is 0. The van der Waals surface area contributed by atoms with Crippen molar-refractivity contribution in [1.29, 1.82) is 0 Å². The first-order chi connectivity index (χ1) is 8.41. The Morgan fingerprint density at radius 3 is 2.83 bits per heavy atom. The highest BCUT2D eigenvalue weighted by molar-refractivity contribution is 7.89. The van der Waals surface area contributed by atoms with Crippen molar-refractivity contribution in [3.63, 3.8) is 0 Å². The first-order valence-corrected chi connectivity index (χ1v) is 7.05. The number of hydrogen-bond acceptors (Lipinski definition) is 5. The number of carbonyl (C=O) groups is 1. The van der Waals surface area contributed by atoms with Gasteiger partial charge >= 0.3 is 0 Å². The number of aromatic nitrogens is 2. The SMILES string of the molecule is Cn1cc(S(=O)(=O)N2CCC[C@@H](C(=O)[O-])C2)cn1. The van der Waals surface area contributed by atoms with Gasteiger partial charge in [0.2, 0.25) is 10.0 Å². The van der Waals surface area contributed by atoms with Gasteiger partial charge in [0.05, 0.1) is 6.20 Å². The van der Waals surface area contributed by atoms with Crippen LogP contribution in [0.5, 0.6) is 0 Å². The molecular weight excluding hydrogens is 258 g/mol. The smallest absolute Gasteiger partial charge is 0.246 e. The van der Waals surface area contributed by atoms with Crippen LogP contribution in [0, 0.1) is 5.92 Å². The molecule has 0 unspecified atom stereocenters. The number of nitrogens with zero attached hydrogens (tertiary/aromatic N) is 3. The van der Waals surface area contributed by atoms with Crippen molar-refractivity contribution in [2.75, 3.05) is 13.1 Å². The molecule has 1 atom stereocenters. The summed E-state index contributed by atoms with van der Waals surface area (Å²) in [4.78, 5) is 10.9. The molecule has 0 amide bonds. The Labute approximate surface area is 105 Å². The zero-order valence-electron chi connectivity index (χ0n) is 9.94. The van der Waals surface area contributed by atoms with Crippen molar-refractivity contribution in [2.24, 2.45) is 13.0 Å². The van der Waals surface area contributed by atoms with Crippen molar-refractivity contribution in [3.05, 3.63) is 12.4 Å². The lowest BCUT2D eigenvalue weighted by molar-refractivity contribution is -0.312. The Balaban J connectivity index is 2.22. The van der Waals surface area contributed by atoms with E-state index in [1.807, 2.05) is 0 Å². The molecule has 7 nitrogen and oxygen atoms in total. The lowest BCUT2D eigenvalue weighted by Crippen LogP contribution is -2.46. The van der Waals surface area contributed by atoms with Gasteiger partial charge in [-0.1, -0.05) is 0 Å². The molecule has 0 N–H and O–H groups in total. The van der Waals surface area contributed by atoms with Crippen molar-refractivity contribution in [2.45, 2.75) is 17.7 Å². The summed E-state index contributed by atoms with van der Waals surface area (Å²) < 4.78 is 27.0. The zero-order valence-corrected chi connectivity index (χ0v) is 10.8. The van der Waals surface area contributed by atoms with Crippen LogP contribution in [0.25, 0.3) is 0 Å². The summed E-state index contributed by atoms with van der Waals surface area (Å²) in [5, 5.41) is 14.6. The standard InChI is InChI=1S/C10H15N3O4S/c1-12-7-9(5-11-12)18(16,17)13-4-2-3-8(6-13)10(14)15/h5,7-8H,2-4,6H2,1H3,(H,14,15)/p-1/t8-/m1/s1. The van der Waals surface area contributed by atoms with Gasteiger partial charge in [-0.3, -0.25) is 4.68 Å². The van der Waals surface area contributed by atoms with Crippen LogP contribution in [-0.4, -0.2) is 41.6 Å². The Hall–Kier alpha value is -1.41. The number of aliphatic carboxylic acids is 1. The van der Waals surface area contributed by atoms with Gasteiger partial charge in [-0.15, -0.1) is 0 Å². The number of carboxylic acids is 1. The second-order valence-electron chi connectivity index (χ2n) is 4.37. The Kier molecular flexibility index (Phi) is 3.40. The highest BCUT2D eigenvalue weighted by Crippen LogP contribution is 2.22. The van der Waals surface area contributed by atoms with Gasteiger partial charge in [0.1, 0.15) is 4.90 Å². The van der Waals surface area contributed by atoms with E-state index in [-0.39, 0.29) is 11.4 Å². The van der Waals surface area contributed by atoms with E-state index in [0.29, 0.717) is 19.4 Å². The summed E-state index contributed by atoms with van der Waals surface area (Å²) >= 11 is 0. The van der Waals surface area contributed by atoms with Gasteiger partial charge in [-0.2, -0.15) is 9.40 Å². The Bertz CT molecular complexity index is 551. The van der Waals surface area contributed by atoms with Crippen LogP contribution in [0.2, 0.25) is 0 Å². The summed E-state index contributed by atoms with van der Waals surface area (Å²) in [7, 11) is -2.02. The third kappa shape index (κ3) is 2.39. The molecule has 1 aromatic rings. The molecule has 0 aliphatic carbocycles. The fourth-order valence-electron chi connectivity index (χ4n) is 2.03. The number of sulfonamides is 1. The average molecular weight is 272 g/mol. The quantitative estimate of drug-likeness (QED) is 0.672. The molecule has 0 bridgehead atoms. The molecule has 0 radical (unpaired) electrons. The van der Waals surface area contributed by atoms with Crippen molar-refractivity contribution in [3.8, 4) is 0 Å². The molecule has 100 valence electrons. The van der Waals surface area contributed by atoms with E-state index >= 15 is 0 Å². The van der Waals surface area contributed by atoms with Gasteiger partial charge in [0.15, 0.2) is 0 Å². The molecule has 1 aliphatic heterocycles. The molecule has 1 aromatic heterocycles. The molecule has 0 saturated carbocycles. The largest absolute Gasteiger partial charge is 0.550 e. The zero-order chi connectivity index (χ0) is 13.3. The molecule has 2 heterocycles. The van der Waals surface area contributed by atoms with Crippen LogP contribution in [0.1, 0.15) is 12.8 Å². The maximum atomic E-state index is 12.2. The first kappa shape index (κ1) is 13.0. The molecule has 18 heavy (non-hydrogen) atoms. The predicted molar refractivity (Wildman–Crippen MR) is 59.7 cm³/mol. The molecule has 0 aromatic carbocycles. The van der Waals surface area contributed by atoms with Crippen LogP contribution < -0.4 is 5.11 Å². The van der Waals surface area contributed by atoms with Crippen LogP contribution in [0.4, 0.5) is 0 Å². The molecule has 1 aliphatic rings. The number of aryl methyl sites for hydroxylation is 1. The van der Waals surface area contributed by atoms with Crippen LogP contribution in [0.3, 0.4) is 0 Å². The van der Waals surface area contributed by atoms with Gasteiger partial charge < -0.3 is 9.90 Å². The Morgan fingerprint density at radius 2 is 2.28 bits per heavy atom. The number of carbonyl (C=O) groups excluding carboxylic acids is 1. The van der Waals surface area contributed by atoms with Gasteiger partial charge in [0, 0.05) is 38.2 Å². The minimum atomic E-state index is -3.65. The fraction of sp³-hybridized carbons (Fsp3) is 0.600. The fourth-order valence-corrected chi connectivity index (χ4v) is 3.54. The number of rotatable bonds is 3. The van der Waals surface area contributed by atoms with E-state index in [1.165, 1.54) is 21.4 Å². The molecule has 1 fully saturated rings. The predicted octanol–water partition coefficient (Wildman–Crippen LogP) is -1.43. The average Bonchev–Trinajstić information content (AvgIpc) is 2.77. The topological polar surface area (TPSA) is 95.3 Å². The summed E-state index contributed by atoms with van der Waals surface area (Å²) in [6, 6.07) is 0. The van der Waals surface area contributed by atoms with Crippen LogP contribution in [0.15, 0.2) is 17.3 Å². The van der Waals surface area contributed by atoms with Crippen molar-refractivity contribution < 1.29 is 18.3 Å². The monoisotopic (exact) mass is 272 g/mol. The maximum Gasteiger partial charge on any atom is 0.246 e. The van der Waals surface area contributed by atoms with Crippen molar-refractivity contribution in [1.82, 2.24) is 14.1 Å². The number of piperidine rings is 1. The maximum absolute atomic E-state index is 12.2. The minimum Gasteiger partial charge on any atom is -0.550 e. The second-order valence-corrected chi connectivity index (χ2v) is 6.31. The first-order valence-electron chi connectivity index (χ1n) is 5.61. The minimum absolute atomic E-state index is 0.0282. The van der Waals surface area contributed by atoms with Gasteiger partial charge in [-0.25, -0.2) is 8.42 Å². The molecule has 1 saturated heterocycles. The Morgan fingerprint density at radius 1 is 1.56 bits per heavy atom. The van der Waals surface area contributed by atoms with E-state index in [0.717, 1.165) is 0 Å². The van der Waals surface area contributed by atoms with E-state index in [9.17, 15) is 18.3 Å². The van der Waals surface area contributed by atoms with Gasteiger partial charge in [-0.05, 0) is 12.8 Å². The van der Waals surface area contributed by atoms with Crippen LogP contribution >= 0.6 is 0 Å². The van der Waals surface area contributed by atoms with E-state index in [2.05, 4.69) is 5.10 Å². The number of carboxylic acid groups (broad SMARTS) is 1. The van der Waals surface area contributed by atoms with E-state index < -0.39 is 21.9 Å². The molecule has 2 rings (SSSR count). The molecule has 8 heteroatoms. The highest BCUT2D eigenvalue weighted by atomic mass is 32.2. The summed E-state index contributed by atoms with van der Waals surface area (Å²) in [5.41, 5.74) is 0. The van der Waals surface area contributed by atoms with E-state index in [1.54, 1.807) is 7.05 Å². The summed E-state index contributed by atoms with van der Waals surface area (Å²) in [5.74, 6) is -1.92. The highest BCUT2D eigenvalue weighted by Gasteiger charge is 2.31. The lowest BCUT2D eigenvalue weighted by atomic mass is 10.0. The summed E-state index contributed by atoms with van der Waals surface area (Å²) in [6.07, 6.45) is 3.65. The van der Waals surface area contributed by atoms with Gasteiger partial charge in [0.25, 0.3) is 0 Å². The molecule has 0 spiro atoms. The summed E-state index contributed by atoms with van der Waals surface area (Å²) in [6.45, 7) is 0.306. The molecular formula is C10H14N3O4S-. The van der Waals surface area contributed by atoms with E-state index in [4.69, 9.17) is 0 Å². The third-order valence-electron chi connectivity index (χ3n) is 3.04.